The molecule has 0 radical (unpaired) electrons. The standard InChI is InChI=1S/C30H50O3/c1-20(19-31)9-8-10-21(2)22-13-15-28(6)24-12-11-23-26(3,4)25(32)14-16-29(23,7)30(24,33)18-17-27(22,28)5/h9,19,21-25,32-33H,8,10-18H2,1-7H3/b20-9+/t21-,22-,23+,24+,25+,27-,28+,29+,30-/m1/s1. The zero-order chi connectivity index (χ0) is 24.4. The molecule has 2 N–H and O–H groups in total. The van der Waals surface area contributed by atoms with Crippen molar-refractivity contribution >= 4 is 6.29 Å². The van der Waals surface area contributed by atoms with Crippen LogP contribution in [0.1, 0.15) is 113 Å². The number of hydrogen-bond donors (Lipinski definition) is 2. The lowest BCUT2D eigenvalue weighted by atomic mass is 9.36. The highest BCUT2D eigenvalue weighted by Crippen LogP contribution is 2.75. The zero-order valence-electron chi connectivity index (χ0n) is 22.4. The van der Waals surface area contributed by atoms with E-state index in [4.69, 9.17) is 0 Å². The first-order valence-electron chi connectivity index (χ1n) is 13.8. The third-order valence-electron chi connectivity index (χ3n) is 12.6. The number of aliphatic hydroxyl groups excluding tert-OH is 1. The molecule has 3 heteroatoms. The summed E-state index contributed by atoms with van der Waals surface area (Å²) in [7, 11) is 0. The molecule has 0 amide bonds. The number of aliphatic hydroxyl groups is 2. The maximum Gasteiger partial charge on any atom is 0.145 e. The van der Waals surface area contributed by atoms with Gasteiger partial charge in [-0.15, -0.1) is 0 Å². The van der Waals surface area contributed by atoms with E-state index in [2.05, 4.69) is 47.6 Å². The molecule has 0 aromatic heterocycles. The summed E-state index contributed by atoms with van der Waals surface area (Å²) in [5, 5.41) is 23.4. The predicted molar refractivity (Wildman–Crippen MR) is 135 cm³/mol. The van der Waals surface area contributed by atoms with E-state index in [1.54, 1.807) is 0 Å². The van der Waals surface area contributed by atoms with Gasteiger partial charge in [0.25, 0.3) is 0 Å². The van der Waals surface area contributed by atoms with Gasteiger partial charge in [0, 0.05) is 5.41 Å². The molecule has 4 fully saturated rings. The molecule has 4 saturated carbocycles. The van der Waals surface area contributed by atoms with Gasteiger partial charge in [0.1, 0.15) is 6.29 Å². The third-order valence-corrected chi connectivity index (χ3v) is 12.6. The van der Waals surface area contributed by atoms with Crippen LogP contribution in [-0.4, -0.2) is 28.2 Å². The van der Waals surface area contributed by atoms with E-state index >= 15 is 0 Å². The fraction of sp³-hybridized carbons (Fsp3) is 0.900. The van der Waals surface area contributed by atoms with Crippen LogP contribution in [-0.2, 0) is 4.79 Å². The van der Waals surface area contributed by atoms with E-state index < -0.39 is 5.60 Å². The van der Waals surface area contributed by atoms with Crippen LogP contribution in [0.15, 0.2) is 11.6 Å². The minimum Gasteiger partial charge on any atom is -0.393 e. The Morgan fingerprint density at radius 3 is 2.21 bits per heavy atom. The van der Waals surface area contributed by atoms with Crippen molar-refractivity contribution in [3.05, 3.63) is 11.6 Å². The molecular formula is C30H50O3. The maximum absolute atomic E-state index is 12.6. The number of carbonyl (C=O) groups excluding carboxylic acids is 1. The number of hydrogen-bond acceptors (Lipinski definition) is 3. The molecule has 4 aliphatic rings. The predicted octanol–water partition coefficient (Wildman–Crippen LogP) is 6.71. The number of allylic oxidation sites excluding steroid dienone is 2. The second-order valence-electron chi connectivity index (χ2n) is 14.0. The first-order chi connectivity index (χ1) is 15.3. The van der Waals surface area contributed by atoms with Crippen LogP contribution >= 0.6 is 0 Å². The summed E-state index contributed by atoms with van der Waals surface area (Å²) in [5.41, 5.74) is 0.419. The van der Waals surface area contributed by atoms with Crippen molar-refractivity contribution in [2.75, 3.05) is 0 Å². The summed E-state index contributed by atoms with van der Waals surface area (Å²) < 4.78 is 0. The minimum atomic E-state index is -0.622. The lowest BCUT2D eigenvalue weighted by Crippen LogP contribution is -2.70. The van der Waals surface area contributed by atoms with Crippen LogP contribution < -0.4 is 0 Å². The quantitative estimate of drug-likeness (QED) is 0.355. The highest BCUT2D eigenvalue weighted by atomic mass is 16.3. The zero-order valence-corrected chi connectivity index (χ0v) is 22.4. The SMILES string of the molecule is C/C(C=O)=C\CC[C@@H](C)[C@H]1CC[C@@]2(C)[C@@H]3CC[C@H]4C(C)(C)[C@@H](O)CC[C@]4(C)[C@@]3(O)CC[C@]12C. The van der Waals surface area contributed by atoms with Crippen LogP contribution in [0.4, 0.5) is 0 Å². The van der Waals surface area contributed by atoms with Crippen LogP contribution in [0, 0.1) is 45.3 Å². The Labute approximate surface area is 202 Å². The first-order valence-corrected chi connectivity index (χ1v) is 13.8. The van der Waals surface area contributed by atoms with Crippen molar-refractivity contribution in [3.8, 4) is 0 Å². The van der Waals surface area contributed by atoms with Gasteiger partial charge in [-0.25, -0.2) is 0 Å². The molecule has 0 unspecified atom stereocenters. The molecule has 0 saturated heterocycles. The average Bonchev–Trinajstić information content (AvgIpc) is 3.03. The van der Waals surface area contributed by atoms with E-state index in [0.717, 1.165) is 63.2 Å². The highest BCUT2D eigenvalue weighted by molar-refractivity contribution is 5.71. The van der Waals surface area contributed by atoms with Crippen molar-refractivity contribution in [3.63, 3.8) is 0 Å². The Morgan fingerprint density at radius 2 is 1.55 bits per heavy atom. The number of fused-ring (bicyclic) bond motifs is 5. The minimum absolute atomic E-state index is 0.107. The molecule has 188 valence electrons. The third kappa shape index (κ3) is 3.38. The second kappa shape index (κ2) is 8.19. The largest absolute Gasteiger partial charge is 0.393 e. The molecule has 0 heterocycles. The van der Waals surface area contributed by atoms with E-state index in [1.807, 2.05) is 6.92 Å². The van der Waals surface area contributed by atoms with Gasteiger partial charge in [-0.05, 0) is 117 Å². The molecule has 0 bridgehead atoms. The van der Waals surface area contributed by atoms with Crippen molar-refractivity contribution in [2.24, 2.45) is 45.3 Å². The first kappa shape index (κ1) is 25.4. The molecule has 3 nitrogen and oxygen atoms in total. The summed E-state index contributed by atoms with van der Waals surface area (Å²) >= 11 is 0. The van der Waals surface area contributed by atoms with E-state index in [0.29, 0.717) is 23.7 Å². The number of rotatable bonds is 5. The van der Waals surface area contributed by atoms with Gasteiger partial charge in [0.05, 0.1) is 11.7 Å². The van der Waals surface area contributed by atoms with E-state index in [1.165, 1.54) is 12.8 Å². The van der Waals surface area contributed by atoms with Gasteiger partial charge < -0.3 is 10.2 Å². The smallest absolute Gasteiger partial charge is 0.145 e. The molecule has 0 aromatic rings. The highest BCUT2D eigenvalue weighted by Gasteiger charge is 2.72. The van der Waals surface area contributed by atoms with Crippen LogP contribution in [0.2, 0.25) is 0 Å². The molecule has 0 aromatic carbocycles. The number of carbonyl (C=O) groups is 1. The summed E-state index contributed by atoms with van der Waals surface area (Å²) in [6, 6.07) is 0. The van der Waals surface area contributed by atoms with Gasteiger partial charge in [-0.2, -0.15) is 0 Å². The molecular weight excluding hydrogens is 408 g/mol. The van der Waals surface area contributed by atoms with Gasteiger partial charge in [-0.1, -0.05) is 47.6 Å². The Hall–Kier alpha value is -0.670. The Morgan fingerprint density at radius 1 is 0.909 bits per heavy atom. The van der Waals surface area contributed by atoms with E-state index in [9.17, 15) is 15.0 Å². The monoisotopic (exact) mass is 458 g/mol. The summed E-state index contributed by atoms with van der Waals surface area (Å²) in [4.78, 5) is 11.0. The Balaban J connectivity index is 1.61. The molecule has 4 rings (SSSR count). The van der Waals surface area contributed by atoms with Crippen molar-refractivity contribution in [1.29, 1.82) is 0 Å². The average molecular weight is 459 g/mol. The summed E-state index contributed by atoms with van der Waals surface area (Å²) in [5.74, 6) is 2.05. The second-order valence-corrected chi connectivity index (χ2v) is 14.0. The van der Waals surface area contributed by atoms with Gasteiger partial charge in [-0.3, -0.25) is 4.79 Å². The fourth-order valence-electron chi connectivity index (χ4n) is 10.2. The molecule has 0 spiro atoms. The van der Waals surface area contributed by atoms with Crippen LogP contribution in [0.5, 0.6) is 0 Å². The fourth-order valence-corrected chi connectivity index (χ4v) is 10.2. The maximum atomic E-state index is 12.6. The van der Waals surface area contributed by atoms with Crippen LogP contribution in [0.25, 0.3) is 0 Å². The van der Waals surface area contributed by atoms with Gasteiger partial charge in [0.2, 0.25) is 0 Å². The van der Waals surface area contributed by atoms with E-state index in [-0.39, 0.29) is 27.8 Å². The van der Waals surface area contributed by atoms with Crippen LogP contribution in [0.3, 0.4) is 0 Å². The topological polar surface area (TPSA) is 57.5 Å². The molecule has 0 aliphatic heterocycles. The van der Waals surface area contributed by atoms with Gasteiger partial charge >= 0.3 is 0 Å². The lowest BCUT2D eigenvalue weighted by Gasteiger charge is -2.71. The number of aldehydes is 1. The normalized spacial score (nSPS) is 50.2. The van der Waals surface area contributed by atoms with Crippen molar-refractivity contribution < 1.29 is 15.0 Å². The summed E-state index contributed by atoms with van der Waals surface area (Å²) in [6.45, 7) is 16.3. The van der Waals surface area contributed by atoms with Crippen molar-refractivity contribution in [2.45, 2.75) is 124 Å². The molecule has 9 atom stereocenters. The lowest BCUT2D eigenvalue weighted by molar-refractivity contribution is -0.284. The molecule has 33 heavy (non-hydrogen) atoms. The Kier molecular flexibility index (Phi) is 6.31. The molecule has 4 aliphatic carbocycles. The van der Waals surface area contributed by atoms with Gasteiger partial charge in [0.15, 0.2) is 0 Å². The van der Waals surface area contributed by atoms with Crippen molar-refractivity contribution in [1.82, 2.24) is 0 Å². The summed E-state index contributed by atoms with van der Waals surface area (Å²) in [6.07, 6.45) is 13.4. The Bertz CT molecular complexity index is 800.